The number of nitrogens with one attached hydrogen (secondary N) is 2. The van der Waals surface area contributed by atoms with Crippen molar-refractivity contribution in [3.8, 4) is 11.3 Å². The summed E-state index contributed by atoms with van der Waals surface area (Å²) in [5.41, 5.74) is 4.23. The standard InChI is InChI=1S/C29H29N5O2/c35-28-24(10-11-25(31-28)23-6-2-1-3-7-23)29(36)32-26-8-4-5-9-27(26)34-20-18-33(19-21-34)17-14-22-12-15-30-16-13-22/h1-13,15-16H,14,17-21H2,(H,31,35)(H,32,36). The molecule has 1 aliphatic rings. The molecule has 0 saturated carbocycles. The number of piperazine rings is 1. The summed E-state index contributed by atoms with van der Waals surface area (Å²) in [6.45, 7) is 4.66. The van der Waals surface area contributed by atoms with Gasteiger partial charge in [-0.1, -0.05) is 42.5 Å². The van der Waals surface area contributed by atoms with E-state index in [1.807, 2.05) is 67.0 Å². The molecule has 0 atom stereocenters. The van der Waals surface area contributed by atoms with Gasteiger partial charge in [0.15, 0.2) is 0 Å². The Morgan fingerprint density at radius 3 is 2.33 bits per heavy atom. The Bertz CT molecular complexity index is 1360. The lowest BCUT2D eigenvalue weighted by molar-refractivity contribution is 0.102. The fraction of sp³-hybridized carbons (Fsp3) is 0.207. The zero-order valence-corrected chi connectivity index (χ0v) is 20.1. The maximum atomic E-state index is 13.0. The molecule has 5 rings (SSSR count). The van der Waals surface area contributed by atoms with Crippen LogP contribution in [0.5, 0.6) is 0 Å². The molecular formula is C29H29N5O2. The topological polar surface area (TPSA) is 81.3 Å². The molecule has 3 heterocycles. The number of hydrogen-bond donors (Lipinski definition) is 2. The van der Waals surface area contributed by atoms with E-state index in [1.165, 1.54) is 5.56 Å². The van der Waals surface area contributed by atoms with E-state index < -0.39 is 11.5 Å². The van der Waals surface area contributed by atoms with Gasteiger partial charge in [-0.05, 0) is 53.9 Å². The first-order chi connectivity index (χ1) is 17.7. The number of para-hydroxylation sites is 2. The second-order valence-corrected chi connectivity index (χ2v) is 8.89. The third-order valence-corrected chi connectivity index (χ3v) is 6.57. The molecule has 7 heteroatoms. The van der Waals surface area contributed by atoms with E-state index in [2.05, 4.69) is 37.2 Å². The van der Waals surface area contributed by atoms with E-state index in [9.17, 15) is 9.59 Å². The Morgan fingerprint density at radius 2 is 1.58 bits per heavy atom. The molecule has 0 unspecified atom stereocenters. The molecule has 1 fully saturated rings. The first-order valence-corrected chi connectivity index (χ1v) is 12.2. The van der Waals surface area contributed by atoms with E-state index in [0.29, 0.717) is 11.4 Å². The average molecular weight is 480 g/mol. The van der Waals surface area contributed by atoms with Gasteiger partial charge in [0.05, 0.1) is 11.4 Å². The number of carbonyl (C=O) groups excluding carboxylic acids is 1. The van der Waals surface area contributed by atoms with Crippen molar-refractivity contribution in [1.29, 1.82) is 0 Å². The predicted molar refractivity (Wildman–Crippen MR) is 143 cm³/mol. The second-order valence-electron chi connectivity index (χ2n) is 8.89. The number of anilines is 2. The summed E-state index contributed by atoms with van der Waals surface area (Å²) in [6.07, 6.45) is 4.68. The lowest BCUT2D eigenvalue weighted by Crippen LogP contribution is -2.47. The average Bonchev–Trinajstić information content (AvgIpc) is 2.93. The minimum absolute atomic E-state index is 0.0883. The number of nitrogens with zero attached hydrogens (tertiary/aromatic N) is 3. The van der Waals surface area contributed by atoms with Crippen LogP contribution < -0.4 is 15.8 Å². The van der Waals surface area contributed by atoms with Crippen molar-refractivity contribution in [3.05, 3.63) is 113 Å². The molecule has 182 valence electrons. The molecular weight excluding hydrogens is 450 g/mol. The van der Waals surface area contributed by atoms with Crippen molar-refractivity contribution in [3.63, 3.8) is 0 Å². The second kappa shape index (κ2) is 11.0. The zero-order valence-electron chi connectivity index (χ0n) is 20.1. The smallest absolute Gasteiger partial charge is 0.261 e. The Balaban J connectivity index is 1.23. The highest BCUT2D eigenvalue weighted by Gasteiger charge is 2.20. The number of hydrogen-bond acceptors (Lipinski definition) is 5. The Hall–Kier alpha value is -4.23. The van der Waals surface area contributed by atoms with E-state index in [-0.39, 0.29) is 5.56 Å². The van der Waals surface area contributed by atoms with Gasteiger partial charge >= 0.3 is 0 Å². The highest BCUT2D eigenvalue weighted by Crippen LogP contribution is 2.27. The van der Waals surface area contributed by atoms with E-state index in [1.54, 1.807) is 12.1 Å². The van der Waals surface area contributed by atoms with Crippen LogP contribution in [0.4, 0.5) is 11.4 Å². The van der Waals surface area contributed by atoms with Crippen LogP contribution in [0.1, 0.15) is 15.9 Å². The third kappa shape index (κ3) is 5.53. The van der Waals surface area contributed by atoms with Crippen LogP contribution in [0.25, 0.3) is 11.3 Å². The summed E-state index contributed by atoms with van der Waals surface area (Å²) < 4.78 is 0. The van der Waals surface area contributed by atoms with Crippen molar-refractivity contribution < 1.29 is 4.79 Å². The highest BCUT2D eigenvalue weighted by molar-refractivity contribution is 6.05. The minimum Gasteiger partial charge on any atom is -0.367 e. The maximum absolute atomic E-state index is 13.0. The van der Waals surface area contributed by atoms with Gasteiger partial charge in [0.1, 0.15) is 5.56 Å². The van der Waals surface area contributed by atoms with Crippen LogP contribution in [0.3, 0.4) is 0 Å². The molecule has 1 amide bonds. The highest BCUT2D eigenvalue weighted by atomic mass is 16.2. The summed E-state index contributed by atoms with van der Waals surface area (Å²) >= 11 is 0. The molecule has 2 aromatic carbocycles. The monoisotopic (exact) mass is 479 g/mol. The number of pyridine rings is 2. The van der Waals surface area contributed by atoms with E-state index >= 15 is 0 Å². The molecule has 2 N–H and O–H groups in total. The lowest BCUT2D eigenvalue weighted by atomic mass is 10.1. The first kappa shape index (κ1) is 23.5. The SMILES string of the molecule is O=C(Nc1ccccc1N1CCN(CCc2ccncc2)CC1)c1ccc(-c2ccccc2)[nH]c1=O. The molecule has 0 aliphatic carbocycles. The zero-order chi connectivity index (χ0) is 24.7. The number of carbonyl (C=O) groups is 1. The first-order valence-electron chi connectivity index (χ1n) is 12.2. The maximum Gasteiger partial charge on any atom is 0.261 e. The van der Waals surface area contributed by atoms with Gasteiger partial charge in [-0.25, -0.2) is 0 Å². The molecule has 36 heavy (non-hydrogen) atoms. The van der Waals surface area contributed by atoms with Crippen LogP contribution in [-0.4, -0.2) is 53.5 Å². The molecule has 7 nitrogen and oxygen atoms in total. The fourth-order valence-electron chi connectivity index (χ4n) is 4.53. The molecule has 2 aromatic heterocycles. The van der Waals surface area contributed by atoms with Crippen LogP contribution in [0.2, 0.25) is 0 Å². The van der Waals surface area contributed by atoms with Gasteiger partial charge < -0.3 is 15.2 Å². The fourth-order valence-corrected chi connectivity index (χ4v) is 4.53. The van der Waals surface area contributed by atoms with Crippen molar-refractivity contribution in [2.45, 2.75) is 6.42 Å². The largest absolute Gasteiger partial charge is 0.367 e. The summed E-state index contributed by atoms with van der Waals surface area (Å²) in [7, 11) is 0. The van der Waals surface area contributed by atoms with Gasteiger partial charge in [-0.3, -0.25) is 19.5 Å². The van der Waals surface area contributed by atoms with Crippen molar-refractivity contribution in [1.82, 2.24) is 14.9 Å². The van der Waals surface area contributed by atoms with Gasteiger partial charge in [-0.15, -0.1) is 0 Å². The van der Waals surface area contributed by atoms with Crippen molar-refractivity contribution in [2.24, 2.45) is 0 Å². The molecule has 0 spiro atoms. The van der Waals surface area contributed by atoms with Crippen LogP contribution in [-0.2, 0) is 6.42 Å². The molecule has 0 radical (unpaired) electrons. The van der Waals surface area contributed by atoms with Gasteiger partial charge in [0.2, 0.25) is 0 Å². The van der Waals surface area contributed by atoms with Crippen LogP contribution >= 0.6 is 0 Å². The molecule has 4 aromatic rings. The van der Waals surface area contributed by atoms with Gasteiger partial charge in [0.25, 0.3) is 11.5 Å². The quantitative estimate of drug-likeness (QED) is 0.418. The minimum atomic E-state index is -0.417. The predicted octanol–water partition coefficient (Wildman–Crippen LogP) is 4.05. The van der Waals surface area contributed by atoms with Crippen molar-refractivity contribution in [2.75, 3.05) is 42.9 Å². The van der Waals surface area contributed by atoms with Crippen LogP contribution in [0, 0.1) is 0 Å². The molecule has 1 aliphatic heterocycles. The summed E-state index contributed by atoms with van der Waals surface area (Å²) in [5, 5.41) is 2.96. The number of H-pyrrole nitrogens is 1. The number of rotatable bonds is 7. The van der Waals surface area contributed by atoms with E-state index in [4.69, 9.17) is 0 Å². The van der Waals surface area contributed by atoms with Gasteiger partial charge in [0, 0.05) is 50.8 Å². The van der Waals surface area contributed by atoms with Crippen LogP contribution in [0.15, 0.2) is 96.1 Å². The molecule has 0 bridgehead atoms. The number of aromatic amines is 1. The Labute approximate surface area is 210 Å². The Kier molecular flexibility index (Phi) is 7.19. The normalized spacial score (nSPS) is 13.9. The molecule has 1 saturated heterocycles. The summed E-state index contributed by atoms with van der Waals surface area (Å²) in [5.74, 6) is -0.417. The summed E-state index contributed by atoms with van der Waals surface area (Å²) in [6, 6.07) is 24.8. The summed E-state index contributed by atoms with van der Waals surface area (Å²) in [4.78, 5) is 37.4. The van der Waals surface area contributed by atoms with E-state index in [0.717, 1.165) is 50.4 Å². The number of amides is 1. The Morgan fingerprint density at radius 1 is 0.861 bits per heavy atom. The third-order valence-electron chi connectivity index (χ3n) is 6.57. The lowest BCUT2D eigenvalue weighted by Gasteiger charge is -2.37. The van der Waals surface area contributed by atoms with Gasteiger partial charge in [-0.2, -0.15) is 0 Å². The number of aromatic nitrogens is 2. The number of benzene rings is 2. The van der Waals surface area contributed by atoms with Crippen molar-refractivity contribution >= 4 is 17.3 Å².